The molecule has 2 N–H and O–H groups in total. The van der Waals surface area contributed by atoms with Crippen molar-refractivity contribution in [2.75, 3.05) is 0 Å². The third kappa shape index (κ3) is 3.85. The van der Waals surface area contributed by atoms with Crippen molar-refractivity contribution in [3.63, 3.8) is 0 Å². The minimum absolute atomic E-state index is 0.654. The van der Waals surface area contributed by atoms with Crippen LogP contribution in [0.4, 0.5) is 0 Å². The van der Waals surface area contributed by atoms with E-state index in [1.54, 1.807) is 0 Å². The quantitative estimate of drug-likeness (QED) is 0.438. The molecule has 0 aliphatic carbocycles. The predicted octanol–water partition coefficient (Wildman–Crippen LogP) is 1.78. The van der Waals surface area contributed by atoms with Crippen molar-refractivity contribution >= 4 is 0 Å². The Labute approximate surface area is 63.4 Å². The van der Waals surface area contributed by atoms with Crippen LogP contribution in [-0.4, -0.2) is 6.17 Å². The van der Waals surface area contributed by atoms with Crippen LogP contribution in [-0.2, 0) is 0 Å². The number of hydrogen-bond acceptors (Lipinski definition) is 2. The van der Waals surface area contributed by atoms with Gasteiger partial charge in [0.05, 0.1) is 6.17 Å². The van der Waals surface area contributed by atoms with Crippen molar-refractivity contribution in [3.8, 4) is 0 Å². The first-order valence-electron chi connectivity index (χ1n) is 4.44. The van der Waals surface area contributed by atoms with Gasteiger partial charge in [0.1, 0.15) is 0 Å². The van der Waals surface area contributed by atoms with E-state index >= 15 is 0 Å². The van der Waals surface area contributed by atoms with E-state index in [1.165, 1.54) is 38.5 Å². The summed E-state index contributed by atoms with van der Waals surface area (Å²) in [6, 6.07) is 0. The van der Waals surface area contributed by atoms with Crippen LogP contribution in [0.15, 0.2) is 0 Å². The topological polar surface area (TPSA) is 43.9 Å². The van der Waals surface area contributed by atoms with Gasteiger partial charge in [-0.3, -0.25) is 0 Å². The number of hydrogen-bond donors (Lipinski definition) is 2. The van der Waals surface area contributed by atoms with Crippen molar-refractivity contribution in [1.29, 1.82) is 0 Å². The molecule has 0 spiro atoms. The lowest BCUT2D eigenvalue weighted by Gasteiger charge is -1.96. The van der Waals surface area contributed by atoms with Crippen molar-refractivity contribution in [1.82, 2.24) is 10.9 Å². The van der Waals surface area contributed by atoms with Crippen LogP contribution >= 0.6 is 0 Å². The number of nitrogens with one attached hydrogen (secondary N) is 2. The fourth-order valence-corrected chi connectivity index (χ4v) is 1.16. The molecule has 1 heterocycles. The molecule has 2 nitrogen and oxygen atoms in total. The first-order valence-corrected chi connectivity index (χ1v) is 4.44. The lowest BCUT2D eigenvalue weighted by atomic mass is 10.1. The van der Waals surface area contributed by atoms with Crippen LogP contribution in [0.2, 0.25) is 0 Å². The molecule has 60 valence electrons. The minimum atomic E-state index is 0.654. The Kier molecular flexibility index (Phi) is 3.76. The lowest BCUT2D eigenvalue weighted by Crippen LogP contribution is -1.90. The summed E-state index contributed by atoms with van der Waals surface area (Å²) in [5.41, 5.74) is 6.15. The molecule has 1 aliphatic heterocycles. The zero-order valence-corrected chi connectivity index (χ0v) is 6.82. The summed E-state index contributed by atoms with van der Waals surface area (Å²) >= 11 is 0. The number of unbranched alkanes of at least 4 members (excludes halogenated alkanes) is 4. The van der Waals surface area contributed by atoms with E-state index in [1.807, 2.05) is 0 Å². The summed E-state index contributed by atoms with van der Waals surface area (Å²) in [4.78, 5) is 0. The number of hydrazine groups is 1. The fraction of sp³-hybridized carbons (Fsp3) is 1.00. The molecule has 0 amide bonds. The SMILES string of the molecule is CCCCCCCC1NN1. The predicted molar refractivity (Wildman–Crippen MR) is 43.4 cm³/mol. The largest absolute Gasteiger partial charge is 0.238 e. The van der Waals surface area contributed by atoms with Gasteiger partial charge in [0, 0.05) is 0 Å². The molecule has 0 atom stereocenters. The molecule has 1 fully saturated rings. The van der Waals surface area contributed by atoms with Gasteiger partial charge in [0.15, 0.2) is 0 Å². The van der Waals surface area contributed by atoms with E-state index in [9.17, 15) is 0 Å². The summed E-state index contributed by atoms with van der Waals surface area (Å²) in [6.45, 7) is 2.25. The second-order valence-corrected chi connectivity index (χ2v) is 3.04. The molecule has 1 aliphatic rings. The van der Waals surface area contributed by atoms with Gasteiger partial charge in [-0.15, -0.1) is 0 Å². The highest BCUT2D eigenvalue weighted by molar-refractivity contribution is 4.70. The smallest absolute Gasteiger partial charge is 0.0833 e. The average Bonchev–Trinajstić information content (AvgIpc) is 2.71. The molecular formula is C8H18N2. The summed E-state index contributed by atoms with van der Waals surface area (Å²) in [6.07, 6.45) is 8.93. The Morgan fingerprint density at radius 3 is 2.30 bits per heavy atom. The van der Waals surface area contributed by atoms with Crippen molar-refractivity contribution in [2.24, 2.45) is 0 Å². The normalized spacial score (nSPS) is 17.7. The monoisotopic (exact) mass is 142 g/mol. The third-order valence-corrected chi connectivity index (χ3v) is 1.94. The maximum Gasteiger partial charge on any atom is 0.0833 e. The van der Waals surface area contributed by atoms with Gasteiger partial charge >= 0.3 is 0 Å². The number of rotatable bonds is 6. The highest BCUT2D eigenvalue weighted by Crippen LogP contribution is 2.08. The molecule has 0 bridgehead atoms. The van der Waals surface area contributed by atoms with E-state index in [2.05, 4.69) is 17.8 Å². The van der Waals surface area contributed by atoms with Crippen molar-refractivity contribution < 1.29 is 0 Å². The van der Waals surface area contributed by atoms with Crippen molar-refractivity contribution in [2.45, 2.75) is 51.6 Å². The first kappa shape index (κ1) is 8.02. The first-order chi connectivity index (χ1) is 4.93. The van der Waals surface area contributed by atoms with Gasteiger partial charge in [-0.1, -0.05) is 39.0 Å². The highest BCUT2D eigenvalue weighted by atomic mass is 15.6. The molecule has 1 saturated heterocycles. The Hall–Kier alpha value is -0.0800. The van der Waals surface area contributed by atoms with Crippen LogP contribution in [0.1, 0.15) is 45.4 Å². The molecule has 2 heteroatoms. The molecule has 10 heavy (non-hydrogen) atoms. The standard InChI is InChI=1S/C8H18N2/c1-2-3-4-5-6-7-8-9-10-8/h8-10H,2-7H2,1H3. The van der Waals surface area contributed by atoms with Gasteiger partial charge in [0.25, 0.3) is 0 Å². The molecule has 0 aromatic heterocycles. The van der Waals surface area contributed by atoms with Crippen LogP contribution in [0.3, 0.4) is 0 Å². The third-order valence-electron chi connectivity index (χ3n) is 1.94. The second kappa shape index (κ2) is 4.69. The Balaban J connectivity index is 1.68. The van der Waals surface area contributed by atoms with Gasteiger partial charge < -0.3 is 0 Å². The highest BCUT2D eigenvalue weighted by Gasteiger charge is 2.16. The van der Waals surface area contributed by atoms with Crippen LogP contribution in [0.25, 0.3) is 0 Å². The molecule has 0 saturated carbocycles. The van der Waals surface area contributed by atoms with Crippen LogP contribution < -0.4 is 10.9 Å². The Morgan fingerprint density at radius 1 is 1.00 bits per heavy atom. The van der Waals surface area contributed by atoms with Crippen LogP contribution in [0.5, 0.6) is 0 Å². The molecule has 1 rings (SSSR count). The van der Waals surface area contributed by atoms with Gasteiger partial charge in [0.2, 0.25) is 0 Å². The van der Waals surface area contributed by atoms with Gasteiger partial charge in [-0.25, -0.2) is 10.9 Å². The summed E-state index contributed by atoms with van der Waals surface area (Å²) in [5.74, 6) is 0. The maximum absolute atomic E-state index is 3.08. The van der Waals surface area contributed by atoms with Gasteiger partial charge in [-0.2, -0.15) is 0 Å². The summed E-state index contributed by atoms with van der Waals surface area (Å²) in [7, 11) is 0. The molecule has 0 aromatic carbocycles. The van der Waals surface area contributed by atoms with Gasteiger partial charge in [-0.05, 0) is 6.42 Å². The molecule has 0 radical (unpaired) electrons. The van der Waals surface area contributed by atoms with Crippen molar-refractivity contribution in [3.05, 3.63) is 0 Å². The summed E-state index contributed by atoms with van der Waals surface area (Å²) < 4.78 is 0. The maximum atomic E-state index is 3.08. The average molecular weight is 142 g/mol. The van der Waals surface area contributed by atoms with E-state index in [0.29, 0.717) is 6.17 Å². The Morgan fingerprint density at radius 2 is 1.70 bits per heavy atom. The van der Waals surface area contributed by atoms with E-state index in [4.69, 9.17) is 0 Å². The summed E-state index contributed by atoms with van der Waals surface area (Å²) in [5, 5.41) is 0. The lowest BCUT2D eigenvalue weighted by molar-refractivity contribution is 0.600. The molecular weight excluding hydrogens is 124 g/mol. The molecule has 0 unspecified atom stereocenters. The van der Waals surface area contributed by atoms with E-state index in [-0.39, 0.29) is 0 Å². The fourth-order valence-electron chi connectivity index (χ4n) is 1.16. The zero-order valence-electron chi connectivity index (χ0n) is 6.82. The van der Waals surface area contributed by atoms with E-state index in [0.717, 1.165) is 0 Å². The molecule has 0 aromatic rings. The van der Waals surface area contributed by atoms with Crippen LogP contribution in [0, 0.1) is 0 Å². The zero-order chi connectivity index (χ0) is 7.23. The Bertz CT molecular complexity index is 79.3. The van der Waals surface area contributed by atoms with E-state index < -0.39 is 0 Å². The second-order valence-electron chi connectivity index (χ2n) is 3.04. The minimum Gasteiger partial charge on any atom is -0.238 e.